The molecule has 1 saturated heterocycles. The van der Waals surface area contributed by atoms with Crippen LogP contribution in [0.15, 0.2) is 70.1 Å². The molecule has 0 radical (unpaired) electrons. The van der Waals surface area contributed by atoms with E-state index in [0.29, 0.717) is 35.5 Å². The Labute approximate surface area is 180 Å². The zero-order valence-corrected chi connectivity index (χ0v) is 17.9. The van der Waals surface area contributed by atoms with Crippen molar-refractivity contribution < 1.29 is 12.8 Å². The zero-order valence-electron chi connectivity index (χ0n) is 17.1. The van der Waals surface area contributed by atoms with Crippen molar-refractivity contribution in [1.29, 1.82) is 0 Å². The van der Waals surface area contributed by atoms with Gasteiger partial charge >= 0.3 is 0 Å². The van der Waals surface area contributed by atoms with Crippen LogP contribution in [0, 0.1) is 6.92 Å². The Hall–Kier alpha value is -3.10. The molecular weight excluding hydrogens is 412 g/mol. The van der Waals surface area contributed by atoms with Gasteiger partial charge in [-0.15, -0.1) is 10.2 Å². The minimum Gasteiger partial charge on any atom is -0.419 e. The van der Waals surface area contributed by atoms with Gasteiger partial charge in [0, 0.05) is 24.7 Å². The smallest absolute Gasteiger partial charge is 0.266 e. The molecule has 1 fully saturated rings. The molecule has 0 aliphatic carbocycles. The second kappa shape index (κ2) is 7.86. The molecule has 0 spiro atoms. The minimum atomic E-state index is -3.56. The topological polar surface area (TPSA) is 89.2 Å². The number of aryl methyl sites for hydroxylation is 1. The summed E-state index contributed by atoms with van der Waals surface area (Å²) >= 11 is 0. The summed E-state index contributed by atoms with van der Waals surface area (Å²) in [6, 6.07) is 16.8. The van der Waals surface area contributed by atoms with Crippen LogP contribution in [0.5, 0.6) is 0 Å². The summed E-state index contributed by atoms with van der Waals surface area (Å²) in [7, 11) is -3.56. The molecule has 5 rings (SSSR count). The van der Waals surface area contributed by atoms with Gasteiger partial charge in [-0.05, 0) is 43.4 Å². The molecular formula is C23H22N4O3S. The van der Waals surface area contributed by atoms with Crippen molar-refractivity contribution in [3.05, 3.63) is 72.2 Å². The van der Waals surface area contributed by atoms with E-state index in [0.717, 1.165) is 29.2 Å². The Balaban J connectivity index is 1.41. The number of fused-ring (bicyclic) bond motifs is 1. The number of benzene rings is 2. The largest absolute Gasteiger partial charge is 0.419 e. The first-order chi connectivity index (χ1) is 15.0. The minimum absolute atomic E-state index is 0.148. The van der Waals surface area contributed by atoms with Crippen molar-refractivity contribution in [3.8, 4) is 11.6 Å². The van der Waals surface area contributed by atoms with Crippen LogP contribution in [-0.4, -0.2) is 41.0 Å². The third kappa shape index (κ3) is 3.73. The van der Waals surface area contributed by atoms with Crippen molar-refractivity contribution in [2.45, 2.75) is 30.6 Å². The number of pyridine rings is 1. The summed E-state index contributed by atoms with van der Waals surface area (Å²) in [6.07, 6.45) is 3.25. The summed E-state index contributed by atoms with van der Waals surface area (Å²) in [6.45, 7) is 2.74. The molecule has 2 aromatic heterocycles. The van der Waals surface area contributed by atoms with Crippen LogP contribution < -0.4 is 0 Å². The van der Waals surface area contributed by atoms with E-state index in [9.17, 15) is 8.42 Å². The Morgan fingerprint density at radius 2 is 1.84 bits per heavy atom. The first kappa shape index (κ1) is 19.8. The lowest BCUT2D eigenvalue weighted by Crippen LogP contribution is -2.39. The van der Waals surface area contributed by atoms with Gasteiger partial charge in [0.1, 0.15) is 5.69 Å². The van der Waals surface area contributed by atoms with Gasteiger partial charge in [-0.3, -0.25) is 4.98 Å². The molecule has 1 atom stereocenters. The number of piperidine rings is 1. The molecule has 0 bridgehead atoms. The predicted octanol–water partition coefficient (Wildman–Crippen LogP) is 4.16. The standard InChI is InChI=1S/C23H22N4O3S/c1-16-8-10-19(11-9-16)31(28,29)27-14-4-6-18(15-27)22-25-26-23(30-22)21-20-7-3-2-5-17(20)12-13-24-21/h2-3,5,7-13,18H,4,6,14-15H2,1H3. The van der Waals surface area contributed by atoms with Crippen LogP contribution in [0.25, 0.3) is 22.4 Å². The molecule has 4 aromatic rings. The molecule has 31 heavy (non-hydrogen) atoms. The van der Waals surface area contributed by atoms with Crippen LogP contribution in [0.4, 0.5) is 0 Å². The molecule has 7 nitrogen and oxygen atoms in total. The highest BCUT2D eigenvalue weighted by molar-refractivity contribution is 7.89. The van der Waals surface area contributed by atoms with Crippen LogP contribution in [0.2, 0.25) is 0 Å². The van der Waals surface area contributed by atoms with Gasteiger partial charge in [0.25, 0.3) is 5.89 Å². The maximum Gasteiger partial charge on any atom is 0.266 e. The van der Waals surface area contributed by atoms with Crippen molar-refractivity contribution >= 4 is 20.8 Å². The number of rotatable bonds is 4. The van der Waals surface area contributed by atoms with Gasteiger partial charge in [0.15, 0.2) is 0 Å². The van der Waals surface area contributed by atoms with E-state index < -0.39 is 10.0 Å². The number of aromatic nitrogens is 3. The van der Waals surface area contributed by atoms with Crippen LogP contribution >= 0.6 is 0 Å². The molecule has 1 unspecified atom stereocenters. The summed E-state index contributed by atoms with van der Waals surface area (Å²) in [5.41, 5.74) is 1.66. The van der Waals surface area contributed by atoms with Gasteiger partial charge in [-0.2, -0.15) is 4.31 Å². The average molecular weight is 435 g/mol. The van der Waals surface area contributed by atoms with Crippen LogP contribution in [0.1, 0.15) is 30.2 Å². The SMILES string of the molecule is Cc1ccc(S(=O)(=O)N2CCCC(c3nnc(-c4nccc5ccccc45)o3)C2)cc1. The van der Waals surface area contributed by atoms with Gasteiger partial charge in [0.05, 0.1) is 10.8 Å². The van der Waals surface area contributed by atoms with E-state index in [4.69, 9.17) is 4.42 Å². The van der Waals surface area contributed by atoms with Crippen LogP contribution in [0.3, 0.4) is 0 Å². The molecule has 0 saturated carbocycles. The summed E-state index contributed by atoms with van der Waals surface area (Å²) in [4.78, 5) is 4.74. The fraction of sp³-hybridized carbons (Fsp3) is 0.261. The van der Waals surface area contributed by atoms with Crippen molar-refractivity contribution in [2.75, 3.05) is 13.1 Å². The molecule has 0 N–H and O–H groups in total. The third-order valence-corrected chi connectivity index (χ3v) is 7.59. The van der Waals surface area contributed by atoms with Crippen LogP contribution in [-0.2, 0) is 10.0 Å². The fourth-order valence-corrected chi connectivity index (χ4v) is 5.53. The molecule has 1 aliphatic heterocycles. The Morgan fingerprint density at radius 1 is 1.03 bits per heavy atom. The number of hydrogen-bond acceptors (Lipinski definition) is 6. The zero-order chi connectivity index (χ0) is 21.4. The van der Waals surface area contributed by atoms with Crippen molar-refractivity contribution in [2.24, 2.45) is 0 Å². The van der Waals surface area contributed by atoms with E-state index >= 15 is 0 Å². The fourth-order valence-electron chi connectivity index (χ4n) is 4.01. The molecule has 3 heterocycles. The second-order valence-electron chi connectivity index (χ2n) is 7.84. The molecule has 1 aliphatic rings. The second-order valence-corrected chi connectivity index (χ2v) is 9.78. The van der Waals surface area contributed by atoms with Gasteiger partial charge in [-0.25, -0.2) is 8.42 Å². The lowest BCUT2D eigenvalue weighted by atomic mass is 10.00. The highest BCUT2D eigenvalue weighted by Crippen LogP contribution is 2.32. The number of sulfonamides is 1. The molecule has 158 valence electrons. The van der Waals surface area contributed by atoms with E-state index in [1.54, 1.807) is 18.3 Å². The lowest BCUT2D eigenvalue weighted by Gasteiger charge is -2.30. The van der Waals surface area contributed by atoms with Gasteiger partial charge < -0.3 is 4.42 Å². The highest BCUT2D eigenvalue weighted by atomic mass is 32.2. The molecule has 8 heteroatoms. The Morgan fingerprint density at radius 3 is 2.68 bits per heavy atom. The number of nitrogens with zero attached hydrogens (tertiary/aromatic N) is 4. The number of hydrogen-bond donors (Lipinski definition) is 0. The molecule has 0 amide bonds. The van der Waals surface area contributed by atoms with Crippen molar-refractivity contribution in [1.82, 2.24) is 19.5 Å². The Bertz CT molecular complexity index is 1330. The quantitative estimate of drug-likeness (QED) is 0.479. The van der Waals surface area contributed by atoms with E-state index in [2.05, 4.69) is 15.2 Å². The maximum atomic E-state index is 13.1. The summed E-state index contributed by atoms with van der Waals surface area (Å²) in [5.74, 6) is 0.657. The summed E-state index contributed by atoms with van der Waals surface area (Å²) in [5, 5.41) is 10.4. The molecule has 2 aromatic carbocycles. The average Bonchev–Trinajstić information content (AvgIpc) is 3.29. The predicted molar refractivity (Wildman–Crippen MR) is 117 cm³/mol. The summed E-state index contributed by atoms with van der Waals surface area (Å²) < 4.78 is 33.7. The first-order valence-electron chi connectivity index (χ1n) is 10.3. The van der Waals surface area contributed by atoms with Gasteiger partial charge in [0.2, 0.25) is 15.9 Å². The van der Waals surface area contributed by atoms with E-state index in [1.807, 2.05) is 49.4 Å². The monoisotopic (exact) mass is 434 g/mol. The van der Waals surface area contributed by atoms with E-state index in [-0.39, 0.29) is 5.92 Å². The Kier molecular flexibility index (Phi) is 5.03. The van der Waals surface area contributed by atoms with E-state index in [1.165, 1.54) is 4.31 Å². The first-order valence-corrected chi connectivity index (χ1v) is 11.7. The highest BCUT2D eigenvalue weighted by Gasteiger charge is 2.33. The maximum absolute atomic E-state index is 13.1. The van der Waals surface area contributed by atoms with Crippen molar-refractivity contribution in [3.63, 3.8) is 0 Å². The lowest BCUT2D eigenvalue weighted by molar-refractivity contribution is 0.286. The van der Waals surface area contributed by atoms with Gasteiger partial charge in [-0.1, -0.05) is 42.0 Å². The third-order valence-electron chi connectivity index (χ3n) is 5.71. The normalized spacial score (nSPS) is 17.8.